The maximum Gasteiger partial charge on any atom is 0.412 e. The molecular weight excluding hydrogens is 274 g/mol. The van der Waals surface area contributed by atoms with E-state index in [9.17, 15) is 14.8 Å². The molecule has 6 nitrogen and oxygen atoms in total. The number of benzene rings is 2. The number of carbonyl (C=O) groups excluding carboxylic acids is 2. The van der Waals surface area contributed by atoms with Crippen LogP contribution in [-0.4, -0.2) is 36.6 Å². The van der Waals surface area contributed by atoms with Gasteiger partial charge in [-0.3, -0.25) is 0 Å². The van der Waals surface area contributed by atoms with E-state index in [0.29, 0.717) is 5.39 Å². The summed E-state index contributed by atoms with van der Waals surface area (Å²) in [5.74, 6) is -2.10. The van der Waals surface area contributed by atoms with E-state index in [1.54, 1.807) is 18.2 Å². The van der Waals surface area contributed by atoms with Gasteiger partial charge in [0.1, 0.15) is 0 Å². The fraction of sp³-hybridized carbons (Fsp3) is 0.133. The summed E-state index contributed by atoms with van der Waals surface area (Å²) in [6.07, 6.45) is 0. The van der Waals surface area contributed by atoms with Crippen molar-refractivity contribution in [3.8, 4) is 0 Å². The van der Waals surface area contributed by atoms with Crippen molar-refractivity contribution >= 4 is 34.1 Å². The molecule has 108 valence electrons. The van der Waals surface area contributed by atoms with Gasteiger partial charge >= 0.3 is 17.7 Å². The number of methoxy groups -OCH3 is 2. The lowest BCUT2D eigenvalue weighted by Gasteiger charge is -2.09. The SMILES string of the molecule is COC(=O)C(C(=O)OC)=[N+]([O-])c1cccc2ccccc12. The van der Waals surface area contributed by atoms with Crippen LogP contribution in [0.15, 0.2) is 42.5 Å². The summed E-state index contributed by atoms with van der Waals surface area (Å²) in [5, 5.41) is 13.9. The monoisotopic (exact) mass is 287 g/mol. The van der Waals surface area contributed by atoms with Crippen LogP contribution in [-0.2, 0) is 19.1 Å². The van der Waals surface area contributed by atoms with E-state index in [1.165, 1.54) is 6.07 Å². The Morgan fingerprint density at radius 3 is 2.14 bits per heavy atom. The fourth-order valence-corrected chi connectivity index (χ4v) is 1.95. The summed E-state index contributed by atoms with van der Waals surface area (Å²) in [7, 11) is 2.17. The molecule has 0 fully saturated rings. The van der Waals surface area contributed by atoms with Gasteiger partial charge in [0.25, 0.3) is 0 Å². The number of hydrogen-bond acceptors (Lipinski definition) is 5. The third-order valence-corrected chi connectivity index (χ3v) is 2.95. The number of nitrogens with zero attached hydrogens (tertiary/aromatic N) is 1. The lowest BCUT2D eigenvalue weighted by Crippen LogP contribution is -2.32. The van der Waals surface area contributed by atoms with Crippen LogP contribution in [0.5, 0.6) is 0 Å². The first-order chi connectivity index (χ1) is 10.1. The summed E-state index contributed by atoms with van der Waals surface area (Å²) < 4.78 is 9.18. The Morgan fingerprint density at radius 1 is 0.952 bits per heavy atom. The maximum absolute atomic E-state index is 12.4. The van der Waals surface area contributed by atoms with Crippen molar-refractivity contribution in [3.05, 3.63) is 47.7 Å². The summed E-state index contributed by atoms with van der Waals surface area (Å²) in [5.41, 5.74) is -0.560. The van der Waals surface area contributed by atoms with E-state index in [1.807, 2.05) is 18.2 Å². The van der Waals surface area contributed by atoms with Gasteiger partial charge in [0, 0.05) is 6.07 Å². The van der Waals surface area contributed by atoms with Crippen LogP contribution in [0.2, 0.25) is 0 Å². The second-order valence-corrected chi connectivity index (χ2v) is 4.12. The molecule has 0 heterocycles. The van der Waals surface area contributed by atoms with E-state index in [-0.39, 0.29) is 10.4 Å². The molecule has 0 radical (unpaired) electrons. The molecule has 0 saturated heterocycles. The van der Waals surface area contributed by atoms with E-state index in [2.05, 4.69) is 9.47 Å². The van der Waals surface area contributed by atoms with Gasteiger partial charge in [0.2, 0.25) is 5.69 Å². The summed E-state index contributed by atoms with van der Waals surface area (Å²) in [6.45, 7) is 0. The van der Waals surface area contributed by atoms with Gasteiger partial charge in [-0.05, 0) is 11.5 Å². The second-order valence-electron chi connectivity index (χ2n) is 4.12. The van der Waals surface area contributed by atoms with Gasteiger partial charge in [-0.2, -0.15) is 4.74 Å². The number of fused-ring (bicyclic) bond motifs is 1. The number of carbonyl (C=O) groups is 2. The third-order valence-electron chi connectivity index (χ3n) is 2.95. The Morgan fingerprint density at radius 2 is 1.52 bits per heavy atom. The Labute approximate surface area is 120 Å². The average Bonchev–Trinajstić information content (AvgIpc) is 2.53. The highest BCUT2D eigenvalue weighted by Crippen LogP contribution is 2.25. The standard InChI is InChI=1S/C15H13NO5/c1-20-14(17)13(15(18)21-2)16(19)12-9-5-7-10-6-3-4-8-11(10)12/h3-9H,1-2H3. The number of esters is 2. The number of rotatable bonds is 3. The van der Waals surface area contributed by atoms with Gasteiger partial charge in [-0.25, -0.2) is 9.59 Å². The van der Waals surface area contributed by atoms with E-state index in [0.717, 1.165) is 19.6 Å². The smallest absolute Gasteiger partial charge is 0.412 e. The van der Waals surface area contributed by atoms with Crippen LogP contribution in [0.3, 0.4) is 0 Å². The van der Waals surface area contributed by atoms with Crippen molar-refractivity contribution < 1.29 is 23.8 Å². The van der Waals surface area contributed by atoms with Crippen molar-refractivity contribution in [2.45, 2.75) is 0 Å². The van der Waals surface area contributed by atoms with Gasteiger partial charge < -0.3 is 14.7 Å². The van der Waals surface area contributed by atoms with Crippen molar-refractivity contribution in [2.75, 3.05) is 14.2 Å². The molecule has 0 atom stereocenters. The molecule has 2 rings (SSSR count). The Kier molecular flexibility index (Phi) is 4.18. The Hall–Kier alpha value is -2.89. The van der Waals surface area contributed by atoms with Gasteiger partial charge in [0.15, 0.2) is 0 Å². The zero-order valence-corrected chi connectivity index (χ0v) is 11.5. The Bertz CT molecular complexity index is 712. The first-order valence-electron chi connectivity index (χ1n) is 6.08. The molecule has 0 aromatic heterocycles. The zero-order chi connectivity index (χ0) is 15.4. The average molecular weight is 287 g/mol. The minimum Gasteiger partial charge on any atom is -0.617 e. The molecule has 0 N–H and O–H groups in total. The summed E-state index contributed by atoms with van der Waals surface area (Å²) in [6, 6.07) is 12.1. The van der Waals surface area contributed by atoms with Crippen LogP contribution in [0.1, 0.15) is 0 Å². The highest BCUT2D eigenvalue weighted by atomic mass is 16.6. The van der Waals surface area contributed by atoms with E-state index < -0.39 is 17.7 Å². The number of ether oxygens (including phenoxy) is 2. The molecule has 0 amide bonds. The molecule has 0 aliphatic heterocycles. The van der Waals surface area contributed by atoms with E-state index in [4.69, 9.17) is 0 Å². The van der Waals surface area contributed by atoms with Crippen molar-refractivity contribution in [1.29, 1.82) is 0 Å². The molecule has 0 spiro atoms. The van der Waals surface area contributed by atoms with Gasteiger partial charge in [-0.15, -0.1) is 0 Å². The third kappa shape index (κ3) is 2.69. The molecular formula is C15H13NO5. The quantitative estimate of drug-likeness (QED) is 0.215. The van der Waals surface area contributed by atoms with Crippen LogP contribution in [0.4, 0.5) is 5.69 Å². The van der Waals surface area contributed by atoms with Crippen molar-refractivity contribution in [1.82, 2.24) is 0 Å². The first-order valence-corrected chi connectivity index (χ1v) is 6.08. The van der Waals surface area contributed by atoms with Gasteiger partial charge in [-0.1, -0.05) is 30.3 Å². The Balaban J connectivity index is 2.72. The summed E-state index contributed by atoms with van der Waals surface area (Å²) in [4.78, 5) is 23.3. The van der Waals surface area contributed by atoms with Crippen LogP contribution in [0, 0.1) is 5.21 Å². The fourth-order valence-electron chi connectivity index (χ4n) is 1.95. The molecule has 0 bridgehead atoms. The normalized spacial score (nSPS) is 10.0. The lowest BCUT2D eigenvalue weighted by atomic mass is 10.1. The predicted molar refractivity (Wildman–Crippen MR) is 76.3 cm³/mol. The molecule has 2 aromatic rings. The second kappa shape index (κ2) is 6.04. The topological polar surface area (TPSA) is 78.7 Å². The molecule has 0 aliphatic rings. The first kappa shape index (κ1) is 14.5. The molecule has 0 saturated carbocycles. The largest absolute Gasteiger partial charge is 0.617 e. The molecule has 2 aromatic carbocycles. The van der Waals surface area contributed by atoms with Gasteiger partial charge in [0.05, 0.1) is 19.6 Å². The van der Waals surface area contributed by atoms with Crippen LogP contribution in [0.25, 0.3) is 10.8 Å². The van der Waals surface area contributed by atoms with Crippen LogP contribution < -0.4 is 0 Å². The lowest BCUT2D eigenvalue weighted by molar-refractivity contribution is -0.359. The maximum atomic E-state index is 12.4. The number of hydrogen-bond donors (Lipinski definition) is 0. The predicted octanol–water partition coefficient (Wildman–Crippen LogP) is 1.77. The van der Waals surface area contributed by atoms with Crippen molar-refractivity contribution in [3.63, 3.8) is 0 Å². The molecule has 0 aliphatic carbocycles. The highest BCUT2D eigenvalue weighted by Gasteiger charge is 2.33. The highest BCUT2D eigenvalue weighted by molar-refractivity contribution is 6.60. The van der Waals surface area contributed by atoms with Crippen molar-refractivity contribution in [2.24, 2.45) is 0 Å². The minimum absolute atomic E-state index is 0.166. The molecule has 0 unspecified atom stereocenters. The zero-order valence-electron chi connectivity index (χ0n) is 11.5. The van der Waals surface area contributed by atoms with Crippen LogP contribution >= 0.6 is 0 Å². The van der Waals surface area contributed by atoms with E-state index >= 15 is 0 Å². The summed E-state index contributed by atoms with van der Waals surface area (Å²) >= 11 is 0. The minimum atomic E-state index is -1.05. The molecule has 6 heteroatoms. The molecule has 21 heavy (non-hydrogen) atoms.